The van der Waals surface area contributed by atoms with E-state index in [2.05, 4.69) is 41.4 Å². The van der Waals surface area contributed by atoms with Crippen molar-refractivity contribution in [3.05, 3.63) is 71.8 Å². The van der Waals surface area contributed by atoms with Crippen LogP contribution in [-0.2, 0) is 6.42 Å². The molecule has 23 heavy (non-hydrogen) atoms. The van der Waals surface area contributed by atoms with Gasteiger partial charge in [-0.3, -0.25) is 0 Å². The third-order valence-corrected chi connectivity index (χ3v) is 4.57. The van der Waals surface area contributed by atoms with Crippen LogP contribution in [0.4, 0.5) is 5.69 Å². The van der Waals surface area contributed by atoms with E-state index in [1.165, 1.54) is 22.3 Å². The first-order chi connectivity index (χ1) is 11.3. The Morgan fingerprint density at radius 2 is 1.78 bits per heavy atom. The lowest BCUT2D eigenvalue weighted by molar-refractivity contribution is 1.26. The lowest BCUT2D eigenvalue weighted by Crippen LogP contribution is -1.88. The number of imidazole rings is 1. The molecule has 4 aromatic rings. The van der Waals surface area contributed by atoms with Crippen LogP contribution >= 0.6 is 0 Å². The maximum Gasteiger partial charge on any atom is 0.139 e. The van der Waals surface area contributed by atoms with Gasteiger partial charge >= 0.3 is 0 Å². The molecule has 1 aliphatic rings. The molecule has 3 N–H and O–H groups in total. The molecule has 5 rings (SSSR count). The number of rotatable bonds is 1. The topological polar surface area (TPSA) is 54.7 Å². The minimum Gasteiger partial charge on any atom is -0.399 e. The van der Waals surface area contributed by atoms with Crippen molar-refractivity contribution in [1.82, 2.24) is 9.97 Å². The number of anilines is 1. The molecule has 0 aliphatic heterocycles. The number of para-hydroxylation sites is 2. The summed E-state index contributed by atoms with van der Waals surface area (Å²) in [5, 5.41) is 0. The highest BCUT2D eigenvalue weighted by atomic mass is 14.9. The summed E-state index contributed by atoms with van der Waals surface area (Å²) >= 11 is 0. The van der Waals surface area contributed by atoms with Gasteiger partial charge in [-0.05, 0) is 52.9 Å². The quantitative estimate of drug-likeness (QED) is 0.451. The number of nitrogens with zero attached hydrogens (tertiary/aromatic N) is 1. The van der Waals surface area contributed by atoms with Crippen LogP contribution in [0.3, 0.4) is 0 Å². The van der Waals surface area contributed by atoms with E-state index in [9.17, 15) is 0 Å². The monoisotopic (exact) mass is 297 g/mol. The normalized spacial score (nSPS) is 12.3. The van der Waals surface area contributed by atoms with E-state index in [-0.39, 0.29) is 0 Å². The molecule has 0 unspecified atom stereocenters. The number of fused-ring (bicyclic) bond motifs is 4. The standard InChI is InChI=1S/C20H15N3/c21-14-8-9-15-13(11-14)10-12-4-3-5-16(19(12)15)20-22-17-6-1-2-7-18(17)23-20/h1-9,11H,10,21H2,(H,22,23). The average molecular weight is 297 g/mol. The summed E-state index contributed by atoms with van der Waals surface area (Å²) in [6.45, 7) is 0. The van der Waals surface area contributed by atoms with Gasteiger partial charge in [-0.2, -0.15) is 0 Å². The molecular formula is C20H15N3. The third-order valence-electron chi connectivity index (χ3n) is 4.57. The first-order valence-electron chi connectivity index (χ1n) is 7.75. The van der Waals surface area contributed by atoms with Gasteiger partial charge in [0.1, 0.15) is 5.82 Å². The van der Waals surface area contributed by atoms with Crippen molar-refractivity contribution in [2.45, 2.75) is 6.42 Å². The van der Waals surface area contributed by atoms with Crippen LogP contribution in [0.2, 0.25) is 0 Å². The molecule has 0 atom stereocenters. The lowest BCUT2D eigenvalue weighted by Gasteiger charge is -2.07. The Morgan fingerprint density at radius 1 is 0.870 bits per heavy atom. The van der Waals surface area contributed by atoms with Crippen LogP contribution in [0.15, 0.2) is 60.7 Å². The maximum atomic E-state index is 5.95. The van der Waals surface area contributed by atoms with Crippen LogP contribution in [0.1, 0.15) is 11.1 Å². The zero-order valence-electron chi connectivity index (χ0n) is 12.5. The van der Waals surface area contributed by atoms with Gasteiger partial charge in [-0.1, -0.05) is 36.4 Å². The number of aromatic nitrogens is 2. The van der Waals surface area contributed by atoms with E-state index in [1.807, 2.05) is 24.3 Å². The molecule has 0 fully saturated rings. The van der Waals surface area contributed by atoms with E-state index in [0.29, 0.717) is 0 Å². The fourth-order valence-corrected chi connectivity index (χ4v) is 3.55. The zero-order chi connectivity index (χ0) is 15.4. The van der Waals surface area contributed by atoms with Crippen molar-refractivity contribution in [1.29, 1.82) is 0 Å². The van der Waals surface area contributed by atoms with Crippen molar-refractivity contribution in [3.63, 3.8) is 0 Å². The minimum atomic E-state index is 0.821. The maximum absolute atomic E-state index is 5.95. The van der Waals surface area contributed by atoms with Crippen LogP contribution in [0, 0.1) is 0 Å². The van der Waals surface area contributed by atoms with Crippen molar-refractivity contribution < 1.29 is 0 Å². The fraction of sp³-hybridized carbons (Fsp3) is 0.0500. The first kappa shape index (κ1) is 12.5. The lowest BCUT2D eigenvalue weighted by atomic mass is 9.99. The molecule has 110 valence electrons. The molecular weight excluding hydrogens is 282 g/mol. The SMILES string of the molecule is Nc1ccc2c(c1)Cc1cccc(-c3nc4ccccc4[nH]3)c1-2. The largest absolute Gasteiger partial charge is 0.399 e. The zero-order valence-corrected chi connectivity index (χ0v) is 12.5. The highest BCUT2D eigenvalue weighted by Crippen LogP contribution is 2.43. The predicted molar refractivity (Wildman–Crippen MR) is 94.2 cm³/mol. The van der Waals surface area contributed by atoms with Crippen LogP contribution in [0.25, 0.3) is 33.5 Å². The molecule has 0 saturated heterocycles. The Morgan fingerprint density at radius 3 is 2.70 bits per heavy atom. The molecule has 3 nitrogen and oxygen atoms in total. The second kappa shape index (κ2) is 4.46. The van der Waals surface area contributed by atoms with E-state index < -0.39 is 0 Å². The third kappa shape index (κ3) is 1.80. The summed E-state index contributed by atoms with van der Waals surface area (Å²) in [6, 6.07) is 20.8. The number of nitrogen functional groups attached to an aromatic ring is 1. The molecule has 0 spiro atoms. The molecule has 3 aromatic carbocycles. The van der Waals surface area contributed by atoms with Gasteiger partial charge in [0, 0.05) is 11.3 Å². The van der Waals surface area contributed by atoms with Gasteiger partial charge in [0.15, 0.2) is 0 Å². The molecule has 1 aliphatic carbocycles. The van der Waals surface area contributed by atoms with E-state index in [1.54, 1.807) is 0 Å². The molecule has 0 saturated carbocycles. The van der Waals surface area contributed by atoms with Gasteiger partial charge in [0.25, 0.3) is 0 Å². The summed E-state index contributed by atoms with van der Waals surface area (Å²) in [5.74, 6) is 0.924. The Labute approximate surface area is 133 Å². The van der Waals surface area contributed by atoms with Gasteiger partial charge in [-0.15, -0.1) is 0 Å². The summed E-state index contributed by atoms with van der Waals surface area (Å²) < 4.78 is 0. The van der Waals surface area contributed by atoms with Gasteiger partial charge in [-0.25, -0.2) is 4.98 Å². The number of nitrogens with two attached hydrogens (primary N) is 1. The second-order valence-electron chi connectivity index (χ2n) is 6.04. The predicted octanol–water partition coefficient (Wildman–Crippen LogP) is 4.38. The molecule has 1 aromatic heterocycles. The number of H-pyrrole nitrogens is 1. The minimum absolute atomic E-state index is 0.821. The summed E-state index contributed by atoms with van der Waals surface area (Å²) in [5.41, 5.74) is 15.2. The van der Waals surface area contributed by atoms with E-state index in [4.69, 9.17) is 10.7 Å². The van der Waals surface area contributed by atoms with Crippen molar-refractivity contribution in [2.24, 2.45) is 0 Å². The Kier molecular flexibility index (Phi) is 2.42. The second-order valence-corrected chi connectivity index (χ2v) is 6.04. The fourth-order valence-electron chi connectivity index (χ4n) is 3.55. The average Bonchev–Trinajstić information content (AvgIpc) is 3.14. The van der Waals surface area contributed by atoms with Crippen molar-refractivity contribution in [3.8, 4) is 22.5 Å². The number of hydrogen-bond donors (Lipinski definition) is 2. The van der Waals surface area contributed by atoms with Crippen LogP contribution in [0.5, 0.6) is 0 Å². The van der Waals surface area contributed by atoms with Gasteiger partial charge < -0.3 is 10.7 Å². The van der Waals surface area contributed by atoms with Gasteiger partial charge in [0.2, 0.25) is 0 Å². The Balaban J connectivity index is 1.77. The molecule has 3 heteroatoms. The Bertz CT molecular complexity index is 1030. The number of aromatic amines is 1. The first-order valence-corrected chi connectivity index (χ1v) is 7.75. The van der Waals surface area contributed by atoms with Crippen LogP contribution in [-0.4, -0.2) is 9.97 Å². The van der Waals surface area contributed by atoms with E-state index in [0.717, 1.165) is 34.5 Å². The summed E-state index contributed by atoms with van der Waals surface area (Å²) in [7, 11) is 0. The molecule has 1 heterocycles. The molecule has 0 radical (unpaired) electrons. The van der Waals surface area contributed by atoms with Gasteiger partial charge in [0.05, 0.1) is 11.0 Å². The number of hydrogen-bond acceptors (Lipinski definition) is 2. The summed E-state index contributed by atoms with van der Waals surface area (Å²) in [4.78, 5) is 8.22. The Hall–Kier alpha value is -3.07. The van der Waals surface area contributed by atoms with Crippen LogP contribution < -0.4 is 5.73 Å². The highest BCUT2D eigenvalue weighted by molar-refractivity contribution is 5.91. The van der Waals surface area contributed by atoms with E-state index >= 15 is 0 Å². The number of benzene rings is 3. The summed E-state index contributed by atoms with van der Waals surface area (Å²) in [6.07, 6.45) is 0.934. The van der Waals surface area contributed by atoms with Crippen molar-refractivity contribution >= 4 is 16.7 Å². The molecule has 0 amide bonds. The van der Waals surface area contributed by atoms with Crippen molar-refractivity contribution in [2.75, 3.05) is 5.73 Å². The number of nitrogens with one attached hydrogen (secondary N) is 1. The molecule has 0 bridgehead atoms. The smallest absolute Gasteiger partial charge is 0.139 e. The highest BCUT2D eigenvalue weighted by Gasteiger charge is 2.23.